The molecular formula is C25H24ClF3N2O2. The molecule has 1 saturated carbocycles. The Hall–Kier alpha value is -2.77. The van der Waals surface area contributed by atoms with Crippen molar-refractivity contribution in [3.8, 4) is 11.1 Å². The largest absolute Gasteiger partial charge is 0.431 e. The van der Waals surface area contributed by atoms with Gasteiger partial charge in [-0.3, -0.25) is 4.79 Å². The number of rotatable bonds is 6. The van der Waals surface area contributed by atoms with Crippen molar-refractivity contribution in [3.05, 3.63) is 82.1 Å². The van der Waals surface area contributed by atoms with Gasteiger partial charge in [-0.2, -0.15) is 13.2 Å². The molecule has 0 aliphatic heterocycles. The molecule has 33 heavy (non-hydrogen) atoms. The fourth-order valence-corrected chi connectivity index (χ4v) is 4.47. The van der Waals surface area contributed by atoms with E-state index >= 15 is 0 Å². The van der Waals surface area contributed by atoms with Gasteiger partial charge in [-0.15, -0.1) is 0 Å². The Morgan fingerprint density at radius 3 is 2.24 bits per heavy atom. The van der Waals surface area contributed by atoms with Crippen molar-refractivity contribution in [3.63, 3.8) is 0 Å². The van der Waals surface area contributed by atoms with Gasteiger partial charge in [0.25, 0.3) is 5.91 Å². The lowest BCUT2D eigenvalue weighted by Gasteiger charge is -2.28. The number of aliphatic hydroxyl groups excluding tert-OH is 1. The van der Waals surface area contributed by atoms with E-state index in [-0.39, 0.29) is 30.0 Å². The molecule has 1 heterocycles. The van der Waals surface area contributed by atoms with E-state index in [1.165, 1.54) is 11.8 Å². The molecular weight excluding hydrogens is 453 g/mol. The quantitative estimate of drug-likeness (QED) is 0.490. The Kier molecular flexibility index (Phi) is 6.05. The number of hydrogen-bond acceptors (Lipinski definition) is 2. The Balaban J connectivity index is 1.99. The summed E-state index contributed by atoms with van der Waals surface area (Å²) in [6.07, 6.45) is -3.47. The molecule has 0 bridgehead atoms. The molecule has 1 aliphatic carbocycles. The van der Waals surface area contributed by atoms with Crippen LogP contribution in [0.5, 0.6) is 0 Å². The maximum absolute atomic E-state index is 14.4. The molecule has 0 saturated heterocycles. The lowest BCUT2D eigenvalue weighted by atomic mass is 10.00. The number of halogens is 4. The molecule has 1 fully saturated rings. The highest BCUT2D eigenvalue weighted by molar-refractivity contribution is 6.30. The van der Waals surface area contributed by atoms with Crippen molar-refractivity contribution < 1.29 is 23.1 Å². The van der Waals surface area contributed by atoms with Crippen molar-refractivity contribution in [2.45, 2.75) is 38.0 Å². The molecule has 0 spiro atoms. The molecule has 1 N–H and O–H groups in total. The summed E-state index contributed by atoms with van der Waals surface area (Å²) in [5.41, 5.74) is -0.329. The third kappa shape index (κ3) is 4.27. The smallest absolute Gasteiger partial charge is 0.394 e. The summed E-state index contributed by atoms with van der Waals surface area (Å²) < 4.78 is 44.1. The minimum absolute atomic E-state index is 0.0219. The van der Waals surface area contributed by atoms with E-state index in [0.717, 1.165) is 4.57 Å². The number of carbonyl (C=O) groups excluding carboxylic acids is 1. The molecule has 3 aromatic rings. The van der Waals surface area contributed by atoms with Crippen LogP contribution in [-0.4, -0.2) is 39.7 Å². The molecule has 4 rings (SSSR count). The van der Waals surface area contributed by atoms with Gasteiger partial charge in [0.2, 0.25) is 0 Å². The van der Waals surface area contributed by atoms with Crippen molar-refractivity contribution in [2.24, 2.45) is 0 Å². The number of nitrogens with zero attached hydrogens (tertiary/aromatic N) is 2. The van der Waals surface area contributed by atoms with Gasteiger partial charge in [0.05, 0.1) is 12.1 Å². The van der Waals surface area contributed by atoms with Crippen LogP contribution in [0.1, 0.15) is 40.2 Å². The fraction of sp³-hybridized carbons (Fsp3) is 0.320. The van der Waals surface area contributed by atoms with Gasteiger partial charge >= 0.3 is 6.18 Å². The van der Waals surface area contributed by atoms with Crippen LogP contribution in [0.15, 0.2) is 54.6 Å². The van der Waals surface area contributed by atoms with Crippen LogP contribution in [-0.2, 0) is 12.7 Å². The number of likely N-dealkylation sites (N-methyl/N-ethyl adjacent to an activating group) is 1. The number of aliphatic hydroxyl groups is 1. The SMILES string of the molecule is Cc1c(-c2ccc(Cl)cc2)c(C(=O)N(C)C2(CO)CC2)n(Cc2ccccc2)c1C(F)(F)F. The summed E-state index contributed by atoms with van der Waals surface area (Å²) >= 11 is 6.01. The van der Waals surface area contributed by atoms with Crippen molar-refractivity contribution in [1.82, 2.24) is 9.47 Å². The van der Waals surface area contributed by atoms with E-state index in [1.807, 2.05) is 0 Å². The molecule has 8 heteroatoms. The average Bonchev–Trinajstić information content (AvgIpc) is 3.52. The van der Waals surface area contributed by atoms with E-state index < -0.39 is 23.3 Å². The fourth-order valence-electron chi connectivity index (χ4n) is 4.35. The normalized spacial score (nSPS) is 14.9. The monoisotopic (exact) mass is 476 g/mol. The summed E-state index contributed by atoms with van der Waals surface area (Å²) in [5.74, 6) is -0.555. The van der Waals surface area contributed by atoms with Crippen LogP contribution in [0.25, 0.3) is 11.1 Å². The molecule has 0 unspecified atom stereocenters. The highest BCUT2D eigenvalue weighted by Gasteiger charge is 2.50. The number of alkyl halides is 3. The Morgan fingerprint density at radius 1 is 1.12 bits per heavy atom. The minimum atomic E-state index is -4.68. The lowest BCUT2D eigenvalue weighted by molar-refractivity contribution is -0.143. The van der Waals surface area contributed by atoms with E-state index in [0.29, 0.717) is 29.0 Å². The molecule has 1 aliphatic rings. The summed E-state index contributed by atoms with van der Waals surface area (Å²) in [5, 5.41) is 10.3. The predicted octanol–water partition coefficient (Wildman–Crippen LogP) is 5.78. The number of carbonyl (C=O) groups is 1. The number of amides is 1. The van der Waals surface area contributed by atoms with Crippen LogP contribution >= 0.6 is 11.6 Å². The first-order chi connectivity index (χ1) is 15.6. The summed E-state index contributed by atoms with van der Waals surface area (Å²) in [6, 6.07) is 15.2. The van der Waals surface area contributed by atoms with Gasteiger partial charge in [-0.05, 0) is 48.6 Å². The topological polar surface area (TPSA) is 45.5 Å². The van der Waals surface area contributed by atoms with Gasteiger partial charge in [0, 0.05) is 24.2 Å². The molecule has 0 atom stereocenters. The van der Waals surface area contributed by atoms with E-state index in [2.05, 4.69) is 0 Å². The first-order valence-corrected chi connectivity index (χ1v) is 11.0. The zero-order valence-corrected chi connectivity index (χ0v) is 19.0. The third-order valence-electron chi connectivity index (χ3n) is 6.43. The second kappa shape index (κ2) is 8.54. The van der Waals surface area contributed by atoms with E-state index in [9.17, 15) is 23.1 Å². The zero-order chi connectivity index (χ0) is 24.0. The molecule has 4 nitrogen and oxygen atoms in total. The summed E-state index contributed by atoms with van der Waals surface area (Å²) in [4.78, 5) is 15.1. The highest BCUT2D eigenvalue weighted by Crippen LogP contribution is 2.45. The first kappa shape index (κ1) is 23.4. The second-order valence-electron chi connectivity index (χ2n) is 8.52. The number of benzene rings is 2. The maximum atomic E-state index is 14.4. The van der Waals surface area contributed by atoms with Gasteiger partial charge in [-0.25, -0.2) is 0 Å². The second-order valence-corrected chi connectivity index (χ2v) is 8.96. The van der Waals surface area contributed by atoms with Gasteiger partial charge in [-0.1, -0.05) is 54.1 Å². The molecule has 1 aromatic heterocycles. The Morgan fingerprint density at radius 2 is 1.73 bits per heavy atom. The minimum Gasteiger partial charge on any atom is -0.394 e. The molecule has 2 aromatic carbocycles. The van der Waals surface area contributed by atoms with E-state index in [4.69, 9.17) is 11.6 Å². The third-order valence-corrected chi connectivity index (χ3v) is 6.68. The standard InChI is InChI=1S/C25H24ClF3N2O2/c1-16-20(18-8-10-19(26)11-9-18)21(23(33)30(2)24(15-32)12-13-24)31(22(16)25(27,28)29)14-17-6-4-3-5-7-17/h3-11,32H,12-15H2,1-2H3. The molecule has 1 amide bonds. The first-order valence-electron chi connectivity index (χ1n) is 10.6. The van der Waals surface area contributed by atoms with Crippen LogP contribution in [0.2, 0.25) is 5.02 Å². The maximum Gasteiger partial charge on any atom is 0.431 e. The van der Waals surface area contributed by atoms with Gasteiger partial charge < -0.3 is 14.6 Å². The van der Waals surface area contributed by atoms with Crippen LogP contribution in [0.3, 0.4) is 0 Å². The zero-order valence-electron chi connectivity index (χ0n) is 18.3. The number of aromatic nitrogens is 1. The van der Waals surface area contributed by atoms with Crippen molar-refractivity contribution in [1.29, 1.82) is 0 Å². The molecule has 0 radical (unpaired) electrons. The van der Waals surface area contributed by atoms with Crippen LogP contribution in [0, 0.1) is 6.92 Å². The highest BCUT2D eigenvalue weighted by atomic mass is 35.5. The Bertz CT molecular complexity index is 1170. The van der Waals surface area contributed by atoms with Crippen LogP contribution < -0.4 is 0 Å². The summed E-state index contributed by atoms with van der Waals surface area (Å²) in [7, 11) is 1.54. The van der Waals surface area contributed by atoms with E-state index in [1.54, 1.807) is 61.6 Å². The predicted molar refractivity (Wildman–Crippen MR) is 121 cm³/mol. The van der Waals surface area contributed by atoms with Crippen molar-refractivity contribution >= 4 is 17.5 Å². The lowest BCUT2D eigenvalue weighted by Crippen LogP contribution is -2.42. The average molecular weight is 477 g/mol. The van der Waals surface area contributed by atoms with Gasteiger partial charge in [0.15, 0.2) is 0 Å². The Labute approximate surface area is 195 Å². The molecule has 174 valence electrons. The van der Waals surface area contributed by atoms with Crippen molar-refractivity contribution in [2.75, 3.05) is 13.7 Å². The summed E-state index contributed by atoms with van der Waals surface area (Å²) in [6.45, 7) is 1.03. The van der Waals surface area contributed by atoms with Gasteiger partial charge in [0.1, 0.15) is 11.4 Å². The van der Waals surface area contributed by atoms with Crippen LogP contribution in [0.4, 0.5) is 13.2 Å². The number of hydrogen-bond donors (Lipinski definition) is 1.